The first-order chi connectivity index (χ1) is 16.1. The molecule has 0 unspecified atom stereocenters. The molecule has 1 fully saturated rings. The molecule has 4 rings (SSSR count). The summed E-state index contributed by atoms with van der Waals surface area (Å²) in [5.74, 6) is -0.301. The molecular formula is C24H24ClFN4O3S. The van der Waals surface area contributed by atoms with E-state index in [1.807, 2.05) is 6.92 Å². The maximum atomic E-state index is 13.4. The van der Waals surface area contributed by atoms with Gasteiger partial charge in [-0.2, -0.15) is 0 Å². The normalized spacial score (nSPS) is 14.8. The molecule has 1 aliphatic rings. The summed E-state index contributed by atoms with van der Waals surface area (Å²) >= 11 is 6.04. The molecule has 1 saturated heterocycles. The van der Waals surface area contributed by atoms with Crippen molar-refractivity contribution >= 4 is 38.9 Å². The summed E-state index contributed by atoms with van der Waals surface area (Å²) in [6.07, 6.45) is 2.71. The van der Waals surface area contributed by atoms with Crippen molar-refractivity contribution < 1.29 is 17.6 Å². The standard InChI is InChI=1S/C24H24ClFN4O3S/c1-15-12-18(25)4-7-21(15)29-22-13-23(34(27,32)33)28-14-20(22)24(31)30-10-8-17(9-11-30)16-2-5-19(26)6-3-16/h2-7,12-14,17H,8-11H2,1H3,(H,28,29)(H2,27,32,33). The fraction of sp³-hybridized carbons (Fsp3) is 0.250. The zero-order valence-corrected chi connectivity index (χ0v) is 20.0. The number of piperidine rings is 1. The van der Waals surface area contributed by atoms with Crippen LogP contribution in [0.15, 0.2) is 59.8 Å². The first-order valence-electron chi connectivity index (χ1n) is 10.7. The van der Waals surface area contributed by atoms with Gasteiger partial charge in [0.25, 0.3) is 15.9 Å². The topological polar surface area (TPSA) is 105 Å². The maximum absolute atomic E-state index is 13.4. The van der Waals surface area contributed by atoms with Crippen molar-refractivity contribution in [3.8, 4) is 0 Å². The molecule has 2 heterocycles. The van der Waals surface area contributed by atoms with E-state index < -0.39 is 10.0 Å². The number of aromatic nitrogens is 1. The largest absolute Gasteiger partial charge is 0.355 e. The average Bonchev–Trinajstić information content (AvgIpc) is 2.80. The Balaban J connectivity index is 1.58. The molecule has 3 aromatic rings. The molecule has 7 nitrogen and oxygen atoms in total. The number of hydrogen-bond donors (Lipinski definition) is 2. The summed E-state index contributed by atoms with van der Waals surface area (Å²) in [5.41, 5.74) is 3.06. The second kappa shape index (κ2) is 9.69. The van der Waals surface area contributed by atoms with Gasteiger partial charge in [0.15, 0.2) is 5.03 Å². The molecule has 178 valence electrons. The molecule has 0 saturated carbocycles. The Bertz CT molecular complexity index is 1320. The van der Waals surface area contributed by atoms with Crippen molar-refractivity contribution in [1.29, 1.82) is 0 Å². The minimum Gasteiger partial charge on any atom is -0.355 e. The number of nitrogens with one attached hydrogen (secondary N) is 1. The number of halogens is 2. The van der Waals surface area contributed by atoms with Crippen molar-refractivity contribution in [3.63, 3.8) is 0 Å². The van der Waals surface area contributed by atoms with Crippen molar-refractivity contribution in [1.82, 2.24) is 9.88 Å². The fourth-order valence-electron chi connectivity index (χ4n) is 4.10. The predicted molar refractivity (Wildman–Crippen MR) is 129 cm³/mol. The number of pyridine rings is 1. The van der Waals surface area contributed by atoms with E-state index in [0.717, 1.165) is 24.0 Å². The Morgan fingerprint density at radius 1 is 1.12 bits per heavy atom. The lowest BCUT2D eigenvalue weighted by atomic mass is 9.89. The Hall–Kier alpha value is -3.01. The number of sulfonamides is 1. The number of nitrogens with zero attached hydrogens (tertiary/aromatic N) is 2. The summed E-state index contributed by atoms with van der Waals surface area (Å²) < 4.78 is 37.0. The highest BCUT2D eigenvalue weighted by Crippen LogP contribution is 2.31. The van der Waals surface area contributed by atoms with Crippen molar-refractivity contribution in [2.75, 3.05) is 18.4 Å². The number of benzene rings is 2. The molecular weight excluding hydrogens is 479 g/mol. The molecule has 0 aliphatic carbocycles. The number of carbonyl (C=O) groups is 1. The molecule has 1 aliphatic heterocycles. The van der Waals surface area contributed by atoms with Crippen LogP contribution in [-0.2, 0) is 10.0 Å². The lowest BCUT2D eigenvalue weighted by Gasteiger charge is -2.32. The molecule has 0 radical (unpaired) electrons. The predicted octanol–water partition coefficient (Wildman–Crippen LogP) is 4.59. The number of carbonyl (C=O) groups excluding carboxylic acids is 1. The van der Waals surface area contributed by atoms with E-state index in [2.05, 4.69) is 10.3 Å². The van der Waals surface area contributed by atoms with E-state index in [1.165, 1.54) is 24.4 Å². The third kappa shape index (κ3) is 5.38. The molecule has 34 heavy (non-hydrogen) atoms. The number of nitrogens with two attached hydrogens (primary N) is 1. The van der Waals surface area contributed by atoms with Gasteiger partial charge in [-0.05, 0) is 67.1 Å². The molecule has 0 bridgehead atoms. The van der Waals surface area contributed by atoms with E-state index in [4.69, 9.17) is 16.7 Å². The zero-order chi connectivity index (χ0) is 24.5. The van der Waals surface area contributed by atoms with E-state index >= 15 is 0 Å². The summed E-state index contributed by atoms with van der Waals surface area (Å²) in [6.45, 7) is 2.87. The van der Waals surface area contributed by atoms with Crippen LogP contribution in [0.4, 0.5) is 15.8 Å². The van der Waals surface area contributed by atoms with Crippen molar-refractivity contribution in [3.05, 3.63) is 82.3 Å². The zero-order valence-electron chi connectivity index (χ0n) is 18.5. The van der Waals surface area contributed by atoms with E-state index in [1.54, 1.807) is 35.2 Å². The average molecular weight is 503 g/mol. The van der Waals surface area contributed by atoms with Crippen LogP contribution in [0.2, 0.25) is 5.02 Å². The molecule has 0 spiro atoms. The molecule has 1 aromatic heterocycles. The minimum atomic E-state index is -4.07. The quantitative estimate of drug-likeness (QED) is 0.530. The number of hydrogen-bond acceptors (Lipinski definition) is 5. The van der Waals surface area contributed by atoms with Gasteiger partial charge in [-0.25, -0.2) is 22.9 Å². The number of likely N-dealkylation sites (tertiary alicyclic amines) is 1. The summed E-state index contributed by atoms with van der Waals surface area (Å²) in [5, 5.41) is 8.62. The van der Waals surface area contributed by atoms with Crippen LogP contribution < -0.4 is 10.5 Å². The summed E-state index contributed by atoms with van der Waals surface area (Å²) in [6, 6.07) is 12.9. The monoisotopic (exact) mass is 502 g/mol. The Labute approximate surface area is 202 Å². The van der Waals surface area contributed by atoms with Crippen LogP contribution >= 0.6 is 11.6 Å². The lowest BCUT2D eigenvalue weighted by molar-refractivity contribution is 0.0713. The second-order valence-corrected chi connectivity index (χ2v) is 10.3. The second-order valence-electron chi connectivity index (χ2n) is 8.32. The van der Waals surface area contributed by atoms with Gasteiger partial charge in [0, 0.05) is 36.1 Å². The van der Waals surface area contributed by atoms with Gasteiger partial charge in [0.1, 0.15) is 5.82 Å². The number of primary sulfonamides is 1. The van der Waals surface area contributed by atoms with Crippen molar-refractivity contribution in [2.45, 2.75) is 30.7 Å². The van der Waals surface area contributed by atoms with E-state index in [0.29, 0.717) is 23.8 Å². The molecule has 10 heteroatoms. The number of aryl methyl sites for hydroxylation is 1. The van der Waals surface area contributed by atoms with Gasteiger partial charge in [-0.1, -0.05) is 23.7 Å². The van der Waals surface area contributed by atoms with Crippen LogP contribution in [-0.4, -0.2) is 37.3 Å². The highest BCUT2D eigenvalue weighted by molar-refractivity contribution is 7.89. The molecule has 2 aromatic carbocycles. The Kier molecular flexibility index (Phi) is 6.88. The summed E-state index contributed by atoms with van der Waals surface area (Å²) in [4.78, 5) is 19.0. The summed E-state index contributed by atoms with van der Waals surface area (Å²) in [7, 11) is -4.07. The highest BCUT2D eigenvalue weighted by Gasteiger charge is 2.27. The third-order valence-corrected chi connectivity index (χ3v) is 7.02. The fourth-order valence-corrected chi connectivity index (χ4v) is 4.81. The van der Waals surface area contributed by atoms with Crippen LogP contribution in [0.5, 0.6) is 0 Å². The minimum absolute atomic E-state index is 0.238. The van der Waals surface area contributed by atoms with Gasteiger partial charge < -0.3 is 10.2 Å². The number of rotatable bonds is 5. The number of anilines is 2. The number of amides is 1. The lowest BCUT2D eigenvalue weighted by Crippen LogP contribution is -2.38. The van der Waals surface area contributed by atoms with Gasteiger partial charge in [-0.15, -0.1) is 0 Å². The Morgan fingerprint density at radius 3 is 2.41 bits per heavy atom. The molecule has 1 amide bonds. The van der Waals surface area contributed by atoms with Crippen LogP contribution in [0.1, 0.15) is 40.2 Å². The van der Waals surface area contributed by atoms with Crippen LogP contribution in [0.3, 0.4) is 0 Å². The first-order valence-corrected chi connectivity index (χ1v) is 12.6. The van der Waals surface area contributed by atoms with Gasteiger partial charge >= 0.3 is 0 Å². The van der Waals surface area contributed by atoms with Crippen LogP contribution in [0.25, 0.3) is 0 Å². The Morgan fingerprint density at radius 2 is 1.79 bits per heavy atom. The van der Waals surface area contributed by atoms with E-state index in [9.17, 15) is 17.6 Å². The van der Waals surface area contributed by atoms with Gasteiger partial charge in [-0.3, -0.25) is 4.79 Å². The molecule has 3 N–H and O–H groups in total. The SMILES string of the molecule is Cc1cc(Cl)ccc1Nc1cc(S(N)(=O)=O)ncc1C(=O)N1CCC(c2ccc(F)cc2)CC1. The molecule has 0 atom stereocenters. The van der Waals surface area contributed by atoms with Gasteiger partial charge in [0.05, 0.1) is 11.3 Å². The maximum Gasteiger partial charge on any atom is 0.257 e. The highest BCUT2D eigenvalue weighted by atomic mass is 35.5. The van der Waals surface area contributed by atoms with Gasteiger partial charge in [0.2, 0.25) is 0 Å². The van der Waals surface area contributed by atoms with Crippen molar-refractivity contribution in [2.24, 2.45) is 5.14 Å². The first kappa shape index (κ1) is 24.1. The smallest absolute Gasteiger partial charge is 0.257 e. The van der Waals surface area contributed by atoms with E-state index in [-0.39, 0.29) is 33.9 Å². The third-order valence-electron chi connectivity index (χ3n) is 5.98. The van der Waals surface area contributed by atoms with Crippen LogP contribution in [0, 0.1) is 12.7 Å².